The second kappa shape index (κ2) is 10.7. The number of hydrogen-bond acceptors (Lipinski definition) is 6. The zero-order valence-corrected chi connectivity index (χ0v) is 19.6. The van der Waals surface area contributed by atoms with Gasteiger partial charge in [0, 0.05) is 30.8 Å². The molecule has 1 amide bonds. The van der Waals surface area contributed by atoms with Gasteiger partial charge in [0.15, 0.2) is 12.4 Å². The summed E-state index contributed by atoms with van der Waals surface area (Å²) >= 11 is 0. The van der Waals surface area contributed by atoms with Gasteiger partial charge in [-0.25, -0.2) is 13.2 Å². The lowest BCUT2D eigenvalue weighted by molar-refractivity contribution is -0.115. The normalized spacial score (nSPS) is 14.5. The highest BCUT2D eigenvalue weighted by molar-refractivity contribution is 7.89. The van der Waals surface area contributed by atoms with Gasteiger partial charge in [-0.15, -0.1) is 0 Å². The number of esters is 1. The largest absolute Gasteiger partial charge is 0.454 e. The number of hydrogen-bond donors (Lipinski definition) is 1. The molecule has 0 saturated carbocycles. The topological polar surface area (TPSA) is 110 Å². The predicted molar refractivity (Wildman–Crippen MR) is 124 cm³/mol. The minimum absolute atomic E-state index is 0.0398. The van der Waals surface area contributed by atoms with Crippen LogP contribution in [0.3, 0.4) is 0 Å². The summed E-state index contributed by atoms with van der Waals surface area (Å²) in [6.45, 7) is 3.86. The van der Waals surface area contributed by atoms with Gasteiger partial charge >= 0.3 is 5.97 Å². The van der Waals surface area contributed by atoms with E-state index >= 15 is 0 Å². The molecule has 9 heteroatoms. The van der Waals surface area contributed by atoms with Gasteiger partial charge in [-0.3, -0.25) is 9.59 Å². The highest BCUT2D eigenvalue weighted by Gasteiger charge is 2.27. The molecule has 0 atom stereocenters. The van der Waals surface area contributed by atoms with Crippen molar-refractivity contribution in [3.63, 3.8) is 0 Å². The van der Waals surface area contributed by atoms with E-state index in [0.717, 1.165) is 19.3 Å². The summed E-state index contributed by atoms with van der Waals surface area (Å²) in [5, 5.41) is 2.69. The summed E-state index contributed by atoms with van der Waals surface area (Å²) < 4.78 is 32.5. The van der Waals surface area contributed by atoms with Crippen LogP contribution in [0.2, 0.25) is 0 Å². The average molecular weight is 473 g/mol. The SMILES string of the molecule is CCC(=O)Nc1ccc(C(=O)COC(=O)c2cc(S(=O)(=O)N3CCCCC3)ccc2C)cc1. The summed E-state index contributed by atoms with van der Waals surface area (Å²) in [4.78, 5) is 36.5. The van der Waals surface area contributed by atoms with E-state index in [0.29, 0.717) is 36.3 Å². The lowest BCUT2D eigenvalue weighted by Crippen LogP contribution is -2.35. The molecule has 3 rings (SSSR count). The van der Waals surface area contributed by atoms with Crippen LogP contribution in [0, 0.1) is 6.92 Å². The van der Waals surface area contributed by atoms with E-state index < -0.39 is 28.4 Å². The number of piperidine rings is 1. The van der Waals surface area contributed by atoms with Crippen LogP contribution in [0.25, 0.3) is 0 Å². The van der Waals surface area contributed by atoms with E-state index in [1.807, 2.05) is 0 Å². The molecule has 0 aromatic heterocycles. The molecule has 0 bridgehead atoms. The smallest absolute Gasteiger partial charge is 0.338 e. The third kappa shape index (κ3) is 6.06. The van der Waals surface area contributed by atoms with Gasteiger partial charge in [-0.05, 0) is 61.7 Å². The van der Waals surface area contributed by atoms with Crippen molar-refractivity contribution in [3.8, 4) is 0 Å². The van der Waals surface area contributed by atoms with Gasteiger partial charge in [-0.1, -0.05) is 19.4 Å². The van der Waals surface area contributed by atoms with Crippen molar-refractivity contribution in [2.75, 3.05) is 25.0 Å². The number of benzene rings is 2. The Bertz CT molecular complexity index is 1140. The summed E-state index contributed by atoms with van der Waals surface area (Å²) in [6.07, 6.45) is 2.97. The summed E-state index contributed by atoms with van der Waals surface area (Å²) in [7, 11) is -3.70. The Morgan fingerprint density at radius 3 is 2.30 bits per heavy atom. The van der Waals surface area contributed by atoms with Crippen molar-refractivity contribution in [3.05, 3.63) is 59.2 Å². The van der Waals surface area contributed by atoms with Crippen LogP contribution in [0.1, 0.15) is 58.9 Å². The quantitative estimate of drug-likeness (QED) is 0.465. The average Bonchev–Trinajstić information content (AvgIpc) is 2.83. The molecular formula is C24H28N2O6S. The van der Waals surface area contributed by atoms with Crippen LogP contribution in [0.4, 0.5) is 5.69 Å². The van der Waals surface area contributed by atoms with E-state index in [4.69, 9.17) is 4.74 Å². The monoisotopic (exact) mass is 472 g/mol. The first-order valence-electron chi connectivity index (χ1n) is 10.9. The van der Waals surface area contributed by atoms with Crippen molar-refractivity contribution in [1.82, 2.24) is 4.31 Å². The zero-order valence-electron chi connectivity index (χ0n) is 18.8. The molecule has 0 unspecified atom stereocenters. The van der Waals surface area contributed by atoms with Crippen LogP contribution in [0.5, 0.6) is 0 Å². The fourth-order valence-electron chi connectivity index (χ4n) is 3.52. The first-order chi connectivity index (χ1) is 15.7. The fraction of sp³-hybridized carbons (Fsp3) is 0.375. The molecular weight excluding hydrogens is 444 g/mol. The molecule has 176 valence electrons. The van der Waals surface area contributed by atoms with Crippen molar-refractivity contribution < 1.29 is 27.5 Å². The van der Waals surface area contributed by atoms with Crippen LogP contribution in [-0.2, 0) is 19.6 Å². The van der Waals surface area contributed by atoms with Gasteiger partial charge in [0.1, 0.15) is 0 Å². The van der Waals surface area contributed by atoms with Crippen LogP contribution in [0.15, 0.2) is 47.4 Å². The Morgan fingerprint density at radius 2 is 1.67 bits per heavy atom. The lowest BCUT2D eigenvalue weighted by atomic mass is 10.1. The van der Waals surface area contributed by atoms with Crippen molar-refractivity contribution in [1.29, 1.82) is 0 Å². The second-order valence-corrected chi connectivity index (χ2v) is 9.86. The van der Waals surface area contributed by atoms with Gasteiger partial charge in [-0.2, -0.15) is 4.31 Å². The Balaban J connectivity index is 1.67. The Hall–Kier alpha value is -3.04. The first kappa shape index (κ1) is 24.6. The minimum Gasteiger partial charge on any atom is -0.454 e. The molecule has 1 heterocycles. The molecule has 2 aromatic carbocycles. The highest BCUT2D eigenvalue weighted by atomic mass is 32.2. The van der Waals surface area contributed by atoms with Crippen LogP contribution < -0.4 is 5.32 Å². The molecule has 1 aliphatic heterocycles. The molecule has 1 N–H and O–H groups in total. The molecule has 2 aromatic rings. The maximum Gasteiger partial charge on any atom is 0.338 e. The number of amides is 1. The van der Waals surface area contributed by atoms with E-state index in [2.05, 4.69) is 5.32 Å². The lowest BCUT2D eigenvalue weighted by Gasteiger charge is -2.26. The van der Waals surface area contributed by atoms with Crippen LogP contribution >= 0.6 is 0 Å². The summed E-state index contributed by atoms with van der Waals surface area (Å²) in [6, 6.07) is 10.6. The van der Waals surface area contributed by atoms with E-state index in [1.54, 1.807) is 44.2 Å². The third-order valence-corrected chi connectivity index (χ3v) is 7.42. The number of rotatable bonds is 8. The number of Topliss-reactive ketones (excluding diaryl/α,β-unsaturated/α-hetero) is 1. The third-order valence-electron chi connectivity index (χ3n) is 5.53. The van der Waals surface area contributed by atoms with Crippen molar-refractivity contribution in [2.45, 2.75) is 44.4 Å². The van der Waals surface area contributed by atoms with Gasteiger partial charge in [0.25, 0.3) is 0 Å². The molecule has 0 radical (unpaired) electrons. The van der Waals surface area contributed by atoms with Gasteiger partial charge < -0.3 is 10.1 Å². The summed E-state index contributed by atoms with van der Waals surface area (Å²) in [5.41, 5.74) is 1.56. The number of carbonyl (C=O) groups is 3. The number of carbonyl (C=O) groups excluding carboxylic acids is 3. The van der Waals surface area contributed by atoms with E-state index in [1.165, 1.54) is 16.4 Å². The number of ketones is 1. The zero-order chi connectivity index (χ0) is 24.0. The minimum atomic E-state index is -3.70. The molecule has 0 aliphatic carbocycles. The van der Waals surface area contributed by atoms with E-state index in [9.17, 15) is 22.8 Å². The fourth-order valence-corrected chi connectivity index (χ4v) is 5.06. The Labute approximate surface area is 194 Å². The van der Waals surface area contributed by atoms with Crippen LogP contribution in [-0.4, -0.2) is 50.1 Å². The number of aryl methyl sites for hydroxylation is 1. The first-order valence-corrected chi connectivity index (χ1v) is 12.4. The Morgan fingerprint density at radius 1 is 1.00 bits per heavy atom. The molecule has 33 heavy (non-hydrogen) atoms. The standard InChI is InChI=1S/C24H28N2O6S/c1-3-23(28)25-19-10-8-18(9-11-19)22(27)16-32-24(29)21-15-20(12-7-17(21)2)33(30,31)26-13-5-4-6-14-26/h7-12,15H,3-6,13-14,16H2,1-2H3,(H,25,28). The number of ether oxygens (including phenoxy) is 1. The number of nitrogens with zero attached hydrogens (tertiary/aromatic N) is 1. The van der Waals surface area contributed by atoms with Crippen molar-refractivity contribution in [2.24, 2.45) is 0 Å². The van der Waals surface area contributed by atoms with Crippen molar-refractivity contribution >= 4 is 33.4 Å². The molecule has 1 aliphatic rings. The predicted octanol–water partition coefficient (Wildman–Crippen LogP) is 3.56. The summed E-state index contributed by atoms with van der Waals surface area (Å²) in [5.74, 6) is -1.31. The maximum atomic E-state index is 12.9. The molecule has 1 saturated heterocycles. The number of anilines is 1. The molecule has 8 nitrogen and oxygen atoms in total. The number of nitrogens with one attached hydrogen (secondary N) is 1. The van der Waals surface area contributed by atoms with Gasteiger partial charge in [0.05, 0.1) is 10.5 Å². The highest BCUT2D eigenvalue weighted by Crippen LogP contribution is 2.23. The Kier molecular flexibility index (Phi) is 7.99. The maximum absolute atomic E-state index is 12.9. The van der Waals surface area contributed by atoms with Gasteiger partial charge in [0.2, 0.25) is 15.9 Å². The molecule has 1 fully saturated rings. The number of sulfonamides is 1. The molecule has 0 spiro atoms. The second-order valence-electron chi connectivity index (χ2n) is 7.92. The van der Waals surface area contributed by atoms with E-state index in [-0.39, 0.29) is 16.4 Å².